The molecule has 0 spiro atoms. The molecular formula is C14H19Cl2NO. The molecule has 1 unspecified atom stereocenters. The van der Waals surface area contributed by atoms with Crippen LogP contribution in [0.15, 0.2) is 18.2 Å². The van der Waals surface area contributed by atoms with E-state index in [0.29, 0.717) is 15.6 Å². The lowest BCUT2D eigenvalue weighted by Gasteiger charge is -2.26. The van der Waals surface area contributed by atoms with Gasteiger partial charge in [-0.3, -0.25) is 9.69 Å². The molecule has 0 N–H and O–H groups in total. The molecule has 0 radical (unpaired) electrons. The minimum absolute atomic E-state index is 0.0481. The molecule has 0 aliphatic heterocycles. The minimum Gasteiger partial charge on any atom is -0.294 e. The molecule has 4 heteroatoms. The van der Waals surface area contributed by atoms with Gasteiger partial charge in [-0.15, -0.1) is 0 Å². The number of carbonyl (C=O) groups is 1. The van der Waals surface area contributed by atoms with Crippen molar-refractivity contribution < 1.29 is 4.79 Å². The predicted octanol–water partition coefficient (Wildman–Crippen LogP) is 4.30. The third kappa shape index (κ3) is 3.71. The minimum atomic E-state index is -0.159. The third-order valence-corrected chi connectivity index (χ3v) is 3.59. The Morgan fingerprint density at radius 2 is 2.00 bits per heavy atom. The number of hydrogen-bond acceptors (Lipinski definition) is 2. The molecule has 0 amide bonds. The van der Waals surface area contributed by atoms with Crippen LogP contribution in [0.1, 0.15) is 37.6 Å². The average molecular weight is 288 g/mol. The zero-order valence-corrected chi connectivity index (χ0v) is 12.6. The maximum Gasteiger partial charge on any atom is 0.181 e. The van der Waals surface area contributed by atoms with Gasteiger partial charge in [0.05, 0.1) is 11.1 Å². The molecule has 100 valence electrons. The van der Waals surface area contributed by atoms with Crippen LogP contribution in [0.5, 0.6) is 0 Å². The van der Waals surface area contributed by atoms with Crippen molar-refractivity contribution in [2.45, 2.75) is 33.2 Å². The van der Waals surface area contributed by atoms with Crippen LogP contribution in [-0.4, -0.2) is 29.8 Å². The highest BCUT2D eigenvalue weighted by Gasteiger charge is 2.22. The van der Waals surface area contributed by atoms with E-state index in [-0.39, 0.29) is 11.8 Å². The van der Waals surface area contributed by atoms with Crippen molar-refractivity contribution in [3.05, 3.63) is 33.8 Å². The van der Waals surface area contributed by atoms with Gasteiger partial charge in [0, 0.05) is 10.6 Å². The molecule has 0 aliphatic carbocycles. The molecular weight excluding hydrogens is 269 g/mol. The Balaban J connectivity index is 2.91. The van der Waals surface area contributed by atoms with Gasteiger partial charge in [0.2, 0.25) is 0 Å². The predicted molar refractivity (Wildman–Crippen MR) is 77.8 cm³/mol. The number of likely N-dealkylation sites (N-methyl/N-ethyl adjacent to an activating group) is 1. The molecule has 1 rings (SSSR count). The van der Waals surface area contributed by atoms with Gasteiger partial charge in [0.1, 0.15) is 0 Å². The fourth-order valence-electron chi connectivity index (χ4n) is 1.99. The SMILES string of the molecule is CCCN(CC)C(C)C(=O)c1ccc(Cl)cc1Cl. The molecule has 0 aromatic heterocycles. The lowest BCUT2D eigenvalue weighted by atomic mass is 10.0. The largest absolute Gasteiger partial charge is 0.294 e. The van der Waals surface area contributed by atoms with Crippen LogP contribution in [-0.2, 0) is 0 Å². The van der Waals surface area contributed by atoms with Crippen LogP contribution in [0.4, 0.5) is 0 Å². The molecule has 0 aliphatic rings. The molecule has 1 atom stereocenters. The highest BCUT2D eigenvalue weighted by atomic mass is 35.5. The summed E-state index contributed by atoms with van der Waals surface area (Å²) >= 11 is 11.9. The normalized spacial score (nSPS) is 12.8. The van der Waals surface area contributed by atoms with Crippen LogP contribution < -0.4 is 0 Å². The first kappa shape index (κ1) is 15.5. The first-order chi connectivity index (χ1) is 8.51. The zero-order chi connectivity index (χ0) is 13.7. The summed E-state index contributed by atoms with van der Waals surface area (Å²) in [4.78, 5) is 14.5. The second-order valence-corrected chi connectivity index (χ2v) is 5.14. The van der Waals surface area contributed by atoms with Gasteiger partial charge in [-0.05, 0) is 44.6 Å². The summed E-state index contributed by atoms with van der Waals surface area (Å²) in [6, 6.07) is 4.85. The van der Waals surface area contributed by atoms with E-state index in [0.717, 1.165) is 19.5 Å². The summed E-state index contributed by atoms with van der Waals surface area (Å²) in [5.41, 5.74) is 0.545. The topological polar surface area (TPSA) is 20.3 Å². The fourth-order valence-corrected chi connectivity index (χ4v) is 2.49. The van der Waals surface area contributed by atoms with Gasteiger partial charge >= 0.3 is 0 Å². The molecule has 0 heterocycles. The fraction of sp³-hybridized carbons (Fsp3) is 0.500. The van der Waals surface area contributed by atoms with Crippen LogP contribution in [0.25, 0.3) is 0 Å². The van der Waals surface area contributed by atoms with E-state index in [1.54, 1.807) is 18.2 Å². The lowest BCUT2D eigenvalue weighted by Crippen LogP contribution is -2.39. The number of nitrogens with zero attached hydrogens (tertiary/aromatic N) is 1. The molecule has 1 aromatic rings. The first-order valence-electron chi connectivity index (χ1n) is 6.24. The number of halogens is 2. The molecule has 18 heavy (non-hydrogen) atoms. The Morgan fingerprint density at radius 1 is 1.33 bits per heavy atom. The van der Waals surface area contributed by atoms with Crippen molar-refractivity contribution in [2.24, 2.45) is 0 Å². The number of ketones is 1. The van der Waals surface area contributed by atoms with Gasteiger partial charge in [0.25, 0.3) is 0 Å². The summed E-state index contributed by atoms with van der Waals surface area (Å²) in [5, 5.41) is 0.969. The molecule has 0 saturated carbocycles. The summed E-state index contributed by atoms with van der Waals surface area (Å²) in [6.45, 7) is 7.85. The van der Waals surface area contributed by atoms with E-state index in [4.69, 9.17) is 23.2 Å². The number of Topliss-reactive ketones (excluding diaryl/α,β-unsaturated/α-hetero) is 1. The van der Waals surface area contributed by atoms with Crippen LogP contribution in [0, 0.1) is 0 Å². The smallest absolute Gasteiger partial charge is 0.181 e. The van der Waals surface area contributed by atoms with Crippen molar-refractivity contribution in [3.63, 3.8) is 0 Å². The Morgan fingerprint density at radius 3 is 2.50 bits per heavy atom. The molecule has 0 saturated heterocycles. The van der Waals surface area contributed by atoms with Crippen molar-refractivity contribution in [3.8, 4) is 0 Å². The van der Waals surface area contributed by atoms with Gasteiger partial charge in [-0.25, -0.2) is 0 Å². The van der Waals surface area contributed by atoms with Gasteiger partial charge in [-0.2, -0.15) is 0 Å². The molecule has 1 aromatic carbocycles. The highest BCUT2D eigenvalue weighted by molar-refractivity contribution is 6.37. The van der Waals surface area contributed by atoms with Crippen molar-refractivity contribution in [1.82, 2.24) is 4.90 Å². The Labute approximate surface area is 119 Å². The average Bonchev–Trinajstić information content (AvgIpc) is 2.34. The van der Waals surface area contributed by atoms with Crippen LogP contribution in [0.2, 0.25) is 10.0 Å². The van der Waals surface area contributed by atoms with Crippen LogP contribution >= 0.6 is 23.2 Å². The highest BCUT2D eigenvalue weighted by Crippen LogP contribution is 2.23. The van der Waals surface area contributed by atoms with Gasteiger partial charge in [0.15, 0.2) is 5.78 Å². The van der Waals surface area contributed by atoms with E-state index in [2.05, 4.69) is 18.7 Å². The summed E-state index contributed by atoms with van der Waals surface area (Å²) in [6.07, 6.45) is 1.03. The van der Waals surface area contributed by atoms with E-state index in [1.807, 2.05) is 6.92 Å². The number of hydrogen-bond donors (Lipinski definition) is 0. The van der Waals surface area contributed by atoms with Crippen molar-refractivity contribution >= 4 is 29.0 Å². The monoisotopic (exact) mass is 287 g/mol. The summed E-state index contributed by atoms with van der Waals surface area (Å²) < 4.78 is 0. The third-order valence-electron chi connectivity index (χ3n) is 3.04. The van der Waals surface area contributed by atoms with E-state index in [1.165, 1.54) is 0 Å². The molecule has 0 fully saturated rings. The summed E-state index contributed by atoms with van der Waals surface area (Å²) in [5.74, 6) is 0.0481. The van der Waals surface area contributed by atoms with Gasteiger partial charge < -0.3 is 0 Å². The number of benzene rings is 1. The van der Waals surface area contributed by atoms with E-state index < -0.39 is 0 Å². The van der Waals surface area contributed by atoms with E-state index in [9.17, 15) is 4.79 Å². The van der Waals surface area contributed by atoms with Gasteiger partial charge in [-0.1, -0.05) is 37.0 Å². The molecule has 2 nitrogen and oxygen atoms in total. The second kappa shape index (κ2) is 7.13. The standard InChI is InChI=1S/C14H19Cl2NO/c1-4-8-17(5-2)10(3)14(18)12-7-6-11(15)9-13(12)16/h6-7,9-10H,4-5,8H2,1-3H3. The number of carbonyl (C=O) groups excluding carboxylic acids is 1. The quantitative estimate of drug-likeness (QED) is 0.727. The zero-order valence-electron chi connectivity index (χ0n) is 11.0. The van der Waals surface area contributed by atoms with Crippen molar-refractivity contribution in [1.29, 1.82) is 0 Å². The van der Waals surface area contributed by atoms with Crippen LogP contribution in [0.3, 0.4) is 0 Å². The van der Waals surface area contributed by atoms with E-state index >= 15 is 0 Å². The number of rotatable bonds is 6. The molecule has 0 bridgehead atoms. The Kier molecular flexibility index (Phi) is 6.13. The Bertz CT molecular complexity index is 420. The van der Waals surface area contributed by atoms with Crippen molar-refractivity contribution in [2.75, 3.05) is 13.1 Å². The maximum atomic E-state index is 12.4. The Hall–Kier alpha value is -0.570. The first-order valence-corrected chi connectivity index (χ1v) is 7.00. The summed E-state index contributed by atoms with van der Waals surface area (Å²) in [7, 11) is 0. The second-order valence-electron chi connectivity index (χ2n) is 4.29. The maximum absolute atomic E-state index is 12.4. The lowest BCUT2D eigenvalue weighted by molar-refractivity contribution is 0.0845.